The van der Waals surface area contributed by atoms with Crippen molar-refractivity contribution < 1.29 is 4.74 Å². The minimum Gasteiger partial charge on any atom is -0.378 e. The molecule has 1 fully saturated rings. The number of hydrogen-bond donors (Lipinski definition) is 1. The molecule has 0 saturated carbocycles. The van der Waals surface area contributed by atoms with Gasteiger partial charge in [-0.15, -0.1) is 0 Å². The maximum atomic E-state index is 5.38. The van der Waals surface area contributed by atoms with Crippen molar-refractivity contribution >= 4 is 11.5 Å². The minimum absolute atomic E-state index is 0.638. The molecule has 0 radical (unpaired) electrons. The molecule has 0 unspecified atom stereocenters. The van der Waals surface area contributed by atoms with Crippen molar-refractivity contribution in [3.05, 3.63) is 66.6 Å². The van der Waals surface area contributed by atoms with Crippen LogP contribution in [0.4, 0.5) is 11.5 Å². The fourth-order valence-corrected chi connectivity index (χ4v) is 2.87. The second kappa shape index (κ2) is 7.93. The Hall–Kier alpha value is -2.99. The molecule has 2 aromatic heterocycles. The molecule has 0 atom stereocenters. The van der Waals surface area contributed by atoms with Crippen molar-refractivity contribution in [2.45, 2.75) is 6.54 Å². The molecule has 0 bridgehead atoms. The average molecular weight is 347 g/mol. The molecule has 1 aliphatic rings. The third-order valence-electron chi connectivity index (χ3n) is 4.34. The van der Waals surface area contributed by atoms with Gasteiger partial charge in [-0.05, 0) is 12.1 Å². The van der Waals surface area contributed by atoms with Gasteiger partial charge >= 0.3 is 0 Å². The molecule has 0 aliphatic carbocycles. The van der Waals surface area contributed by atoms with Crippen LogP contribution in [0.15, 0.2) is 61.1 Å². The fourth-order valence-electron chi connectivity index (χ4n) is 2.87. The molecule has 6 nitrogen and oxygen atoms in total. The summed E-state index contributed by atoms with van der Waals surface area (Å²) >= 11 is 0. The number of rotatable bonds is 5. The van der Waals surface area contributed by atoms with Gasteiger partial charge < -0.3 is 15.0 Å². The van der Waals surface area contributed by atoms with E-state index in [1.807, 2.05) is 55.0 Å². The molecule has 3 aromatic rings. The first-order valence-electron chi connectivity index (χ1n) is 8.77. The van der Waals surface area contributed by atoms with Crippen molar-refractivity contribution in [1.29, 1.82) is 0 Å². The van der Waals surface area contributed by atoms with Gasteiger partial charge in [0, 0.05) is 43.2 Å². The number of benzene rings is 1. The van der Waals surface area contributed by atoms with Crippen LogP contribution in [-0.4, -0.2) is 41.3 Å². The van der Waals surface area contributed by atoms with E-state index in [9.17, 15) is 0 Å². The zero-order valence-electron chi connectivity index (χ0n) is 14.5. The van der Waals surface area contributed by atoms with E-state index in [4.69, 9.17) is 4.74 Å². The number of hydrogen-bond acceptors (Lipinski definition) is 6. The summed E-state index contributed by atoms with van der Waals surface area (Å²) < 4.78 is 5.38. The van der Waals surface area contributed by atoms with Crippen LogP contribution in [0, 0.1) is 0 Å². The number of aromatic nitrogens is 3. The number of ether oxygens (including phenoxy) is 1. The zero-order valence-corrected chi connectivity index (χ0v) is 14.5. The van der Waals surface area contributed by atoms with Crippen molar-refractivity contribution in [2.75, 3.05) is 36.5 Å². The van der Waals surface area contributed by atoms with Gasteiger partial charge in [-0.1, -0.05) is 30.3 Å². The van der Waals surface area contributed by atoms with Gasteiger partial charge in [-0.2, -0.15) is 0 Å². The van der Waals surface area contributed by atoms with Gasteiger partial charge in [0.05, 0.1) is 25.1 Å². The SMILES string of the molecule is c1ccc(-c2ncc(CNc3ccc(N4CCOCC4)cn3)cn2)cc1. The standard InChI is InChI=1S/C20H21N5O/c1-2-4-17(5-3-1)20-23-13-16(14-24-20)12-21-19-7-6-18(15-22-19)25-8-10-26-11-9-25/h1-7,13-15H,8-12H2,(H,21,22). The zero-order chi connectivity index (χ0) is 17.6. The number of nitrogens with one attached hydrogen (secondary N) is 1. The second-order valence-electron chi connectivity index (χ2n) is 6.14. The van der Waals surface area contributed by atoms with Gasteiger partial charge in [0.2, 0.25) is 0 Å². The number of anilines is 2. The van der Waals surface area contributed by atoms with Crippen molar-refractivity contribution in [1.82, 2.24) is 15.0 Å². The molecule has 3 heterocycles. The molecule has 132 valence electrons. The number of pyridine rings is 1. The van der Waals surface area contributed by atoms with E-state index in [2.05, 4.69) is 31.2 Å². The van der Waals surface area contributed by atoms with Crippen LogP contribution in [0.5, 0.6) is 0 Å². The summed E-state index contributed by atoms with van der Waals surface area (Å²) in [5, 5.41) is 3.32. The Morgan fingerprint density at radius 2 is 1.65 bits per heavy atom. The molecular weight excluding hydrogens is 326 g/mol. The van der Waals surface area contributed by atoms with Crippen LogP contribution in [0.3, 0.4) is 0 Å². The topological polar surface area (TPSA) is 63.2 Å². The molecule has 1 saturated heterocycles. The van der Waals surface area contributed by atoms with Crippen LogP contribution < -0.4 is 10.2 Å². The lowest BCUT2D eigenvalue weighted by molar-refractivity contribution is 0.122. The smallest absolute Gasteiger partial charge is 0.159 e. The largest absolute Gasteiger partial charge is 0.378 e. The Balaban J connectivity index is 1.35. The minimum atomic E-state index is 0.638. The maximum Gasteiger partial charge on any atom is 0.159 e. The van der Waals surface area contributed by atoms with E-state index in [0.29, 0.717) is 6.54 Å². The monoisotopic (exact) mass is 347 g/mol. The van der Waals surface area contributed by atoms with Gasteiger partial charge in [-0.25, -0.2) is 15.0 Å². The summed E-state index contributed by atoms with van der Waals surface area (Å²) in [5.41, 5.74) is 3.17. The Morgan fingerprint density at radius 1 is 0.885 bits per heavy atom. The Kier molecular flexibility index (Phi) is 5.02. The van der Waals surface area contributed by atoms with E-state index in [0.717, 1.165) is 54.8 Å². The fraction of sp³-hybridized carbons (Fsp3) is 0.250. The normalized spacial score (nSPS) is 14.2. The van der Waals surface area contributed by atoms with Crippen LogP contribution in [0.1, 0.15) is 5.56 Å². The van der Waals surface area contributed by atoms with E-state index in [-0.39, 0.29) is 0 Å². The lowest BCUT2D eigenvalue weighted by Gasteiger charge is -2.28. The molecule has 1 aromatic carbocycles. The second-order valence-corrected chi connectivity index (χ2v) is 6.14. The van der Waals surface area contributed by atoms with Crippen molar-refractivity contribution in [3.63, 3.8) is 0 Å². The first-order chi connectivity index (χ1) is 12.9. The Bertz CT molecular complexity index is 815. The highest BCUT2D eigenvalue weighted by Gasteiger charge is 2.11. The van der Waals surface area contributed by atoms with Gasteiger partial charge in [0.1, 0.15) is 5.82 Å². The van der Waals surface area contributed by atoms with Gasteiger partial charge in [0.15, 0.2) is 5.82 Å². The molecule has 26 heavy (non-hydrogen) atoms. The van der Waals surface area contributed by atoms with E-state index < -0.39 is 0 Å². The summed E-state index contributed by atoms with van der Waals surface area (Å²) in [4.78, 5) is 15.7. The number of morpholine rings is 1. The van der Waals surface area contributed by atoms with Crippen molar-refractivity contribution in [3.8, 4) is 11.4 Å². The maximum absolute atomic E-state index is 5.38. The van der Waals surface area contributed by atoms with Crippen molar-refractivity contribution in [2.24, 2.45) is 0 Å². The molecule has 0 amide bonds. The molecule has 1 aliphatic heterocycles. The molecular formula is C20H21N5O. The van der Waals surface area contributed by atoms with Crippen LogP contribution in [-0.2, 0) is 11.3 Å². The number of nitrogens with zero attached hydrogens (tertiary/aromatic N) is 4. The first kappa shape index (κ1) is 16.5. The average Bonchev–Trinajstić information content (AvgIpc) is 2.74. The Morgan fingerprint density at radius 3 is 2.35 bits per heavy atom. The lowest BCUT2D eigenvalue weighted by atomic mass is 10.2. The predicted octanol–water partition coefficient (Wildman–Crippen LogP) is 2.99. The summed E-state index contributed by atoms with van der Waals surface area (Å²) in [7, 11) is 0. The summed E-state index contributed by atoms with van der Waals surface area (Å²) in [5.74, 6) is 1.58. The van der Waals surface area contributed by atoms with Gasteiger partial charge in [0.25, 0.3) is 0 Å². The van der Waals surface area contributed by atoms with Crippen LogP contribution in [0.25, 0.3) is 11.4 Å². The summed E-state index contributed by atoms with van der Waals surface area (Å²) in [6, 6.07) is 14.1. The highest BCUT2D eigenvalue weighted by atomic mass is 16.5. The van der Waals surface area contributed by atoms with Gasteiger partial charge in [-0.3, -0.25) is 0 Å². The molecule has 6 heteroatoms. The summed E-state index contributed by atoms with van der Waals surface area (Å²) in [6.07, 6.45) is 5.61. The molecule has 1 N–H and O–H groups in total. The molecule has 4 rings (SSSR count). The lowest BCUT2D eigenvalue weighted by Crippen LogP contribution is -2.36. The van der Waals surface area contributed by atoms with Crippen LogP contribution >= 0.6 is 0 Å². The third-order valence-corrected chi connectivity index (χ3v) is 4.34. The predicted molar refractivity (Wildman–Crippen MR) is 102 cm³/mol. The van der Waals surface area contributed by atoms with E-state index >= 15 is 0 Å². The highest BCUT2D eigenvalue weighted by Crippen LogP contribution is 2.17. The highest BCUT2D eigenvalue weighted by molar-refractivity contribution is 5.54. The quantitative estimate of drug-likeness (QED) is 0.765. The third kappa shape index (κ3) is 3.97. The van der Waals surface area contributed by atoms with E-state index in [1.165, 1.54) is 0 Å². The summed E-state index contributed by atoms with van der Waals surface area (Å²) in [6.45, 7) is 4.02. The van der Waals surface area contributed by atoms with Crippen LogP contribution in [0.2, 0.25) is 0 Å². The Labute approximate surface area is 152 Å². The molecule has 0 spiro atoms. The first-order valence-corrected chi connectivity index (χ1v) is 8.77. The van der Waals surface area contributed by atoms with E-state index in [1.54, 1.807) is 0 Å².